The molecule has 0 saturated heterocycles. The minimum atomic E-state index is 0.0144. The van der Waals surface area contributed by atoms with Gasteiger partial charge in [0.25, 0.3) is 0 Å². The van der Waals surface area contributed by atoms with Gasteiger partial charge in [-0.25, -0.2) is 4.98 Å². The van der Waals surface area contributed by atoms with Crippen LogP contribution in [0.4, 0.5) is 0 Å². The fraction of sp³-hybridized carbons (Fsp3) is 0.333. The quantitative estimate of drug-likeness (QED) is 0.556. The lowest BCUT2D eigenvalue weighted by Gasteiger charge is -1.94. The Bertz CT molecular complexity index is 222. The highest BCUT2D eigenvalue weighted by molar-refractivity contribution is 5.15. The molecule has 0 unspecified atom stereocenters. The molecule has 9 heavy (non-hydrogen) atoms. The van der Waals surface area contributed by atoms with E-state index < -0.39 is 0 Å². The Morgan fingerprint density at radius 2 is 2.11 bits per heavy atom. The molecule has 1 aromatic heterocycles. The molecule has 0 saturated carbocycles. The van der Waals surface area contributed by atoms with Crippen molar-refractivity contribution in [3.05, 3.63) is 17.6 Å². The van der Waals surface area contributed by atoms with Crippen LogP contribution in [0.15, 0.2) is 6.20 Å². The van der Waals surface area contributed by atoms with Crippen LogP contribution in [0.2, 0.25) is 0 Å². The second kappa shape index (κ2) is 2.01. The summed E-state index contributed by atoms with van der Waals surface area (Å²) in [4.78, 5) is 7.63. The third kappa shape index (κ3) is 1.16. The Morgan fingerprint density at radius 3 is 2.56 bits per heavy atom. The predicted octanol–water partition coefficient (Wildman–Crippen LogP) is 0.799. The monoisotopic (exact) mass is 124 g/mol. The van der Waals surface area contributed by atoms with Gasteiger partial charge in [-0.15, -0.1) is 0 Å². The van der Waals surface area contributed by atoms with E-state index in [1.165, 1.54) is 6.20 Å². The van der Waals surface area contributed by atoms with Crippen molar-refractivity contribution in [2.75, 3.05) is 0 Å². The van der Waals surface area contributed by atoms with Crippen molar-refractivity contribution >= 4 is 0 Å². The molecule has 0 spiro atoms. The van der Waals surface area contributed by atoms with Crippen LogP contribution in [0.3, 0.4) is 0 Å². The molecular formula is C6H8N2O. The first-order valence-electron chi connectivity index (χ1n) is 2.69. The van der Waals surface area contributed by atoms with E-state index in [1.807, 2.05) is 6.92 Å². The molecule has 0 bridgehead atoms. The zero-order valence-corrected chi connectivity index (χ0v) is 5.42. The van der Waals surface area contributed by atoms with Gasteiger partial charge in [0.1, 0.15) is 0 Å². The van der Waals surface area contributed by atoms with Gasteiger partial charge in [0.05, 0.1) is 17.6 Å². The van der Waals surface area contributed by atoms with E-state index in [-0.39, 0.29) is 5.88 Å². The summed E-state index contributed by atoms with van der Waals surface area (Å²) in [6, 6.07) is 0. The minimum absolute atomic E-state index is 0.0144. The lowest BCUT2D eigenvalue weighted by Crippen LogP contribution is -1.87. The highest BCUT2D eigenvalue weighted by Crippen LogP contribution is 2.06. The van der Waals surface area contributed by atoms with Gasteiger partial charge < -0.3 is 5.11 Å². The smallest absolute Gasteiger partial charge is 0.232 e. The standard InChI is InChI=1S/C6H8N2O/c1-4-3-7-6(9)5(2)8-4/h3H,1-2H3,(H,7,9). The molecule has 3 heteroatoms. The van der Waals surface area contributed by atoms with E-state index in [2.05, 4.69) is 9.97 Å². The minimum Gasteiger partial charge on any atom is -0.492 e. The normalized spacial score (nSPS) is 9.56. The lowest BCUT2D eigenvalue weighted by molar-refractivity contribution is 0.444. The van der Waals surface area contributed by atoms with Gasteiger partial charge in [0.2, 0.25) is 5.88 Å². The average Bonchev–Trinajstić information content (AvgIpc) is 1.80. The van der Waals surface area contributed by atoms with E-state index in [0.717, 1.165) is 5.69 Å². The second-order valence-electron chi connectivity index (χ2n) is 1.92. The molecule has 0 atom stereocenters. The largest absolute Gasteiger partial charge is 0.492 e. The van der Waals surface area contributed by atoms with Gasteiger partial charge in [-0.2, -0.15) is 0 Å². The van der Waals surface area contributed by atoms with Crippen LogP contribution in [0.1, 0.15) is 11.4 Å². The molecule has 0 radical (unpaired) electrons. The molecule has 3 nitrogen and oxygen atoms in total. The van der Waals surface area contributed by atoms with Crippen LogP contribution in [-0.2, 0) is 0 Å². The molecule has 0 aliphatic heterocycles. The summed E-state index contributed by atoms with van der Waals surface area (Å²) in [5, 5.41) is 8.87. The second-order valence-corrected chi connectivity index (χ2v) is 1.92. The van der Waals surface area contributed by atoms with Gasteiger partial charge in [-0.3, -0.25) is 4.98 Å². The first kappa shape index (κ1) is 6.01. The van der Waals surface area contributed by atoms with E-state index in [4.69, 9.17) is 5.11 Å². The third-order valence-electron chi connectivity index (χ3n) is 1.04. The highest BCUT2D eigenvalue weighted by Gasteiger charge is 1.95. The Labute approximate surface area is 53.4 Å². The number of aryl methyl sites for hydroxylation is 2. The Balaban J connectivity index is 3.17. The van der Waals surface area contributed by atoms with Crippen LogP contribution in [0, 0.1) is 13.8 Å². The highest BCUT2D eigenvalue weighted by atomic mass is 16.3. The summed E-state index contributed by atoms with van der Waals surface area (Å²) >= 11 is 0. The molecule has 1 heterocycles. The predicted molar refractivity (Wildman–Crippen MR) is 33.2 cm³/mol. The van der Waals surface area contributed by atoms with Gasteiger partial charge in [-0.05, 0) is 13.8 Å². The molecule has 0 aliphatic rings. The fourth-order valence-electron chi connectivity index (χ4n) is 0.591. The first-order chi connectivity index (χ1) is 4.20. The zero-order chi connectivity index (χ0) is 6.85. The fourth-order valence-corrected chi connectivity index (χ4v) is 0.591. The zero-order valence-electron chi connectivity index (χ0n) is 5.42. The molecule has 0 amide bonds. The first-order valence-corrected chi connectivity index (χ1v) is 2.69. The van der Waals surface area contributed by atoms with Gasteiger partial charge in [-0.1, -0.05) is 0 Å². The van der Waals surface area contributed by atoms with Gasteiger partial charge in [0.15, 0.2) is 0 Å². The van der Waals surface area contributed by atoms with Crippen molar-refractivity contribution in [2.24, 2.45) is 0 Å². The van der Waals surface area contributed by atoms with E-state index in [1.54, 1.807) is 6.92 Å². The summed E-state index contributed by atoms with van der Waals surface area (Å²) in [5.74, 6) is 0.0144. The van der Waals surface area contributed by atoms with E-state index in [0.29, 0.717) is 5.69 Å². The molecule has 0 fully saturated rings. The molecule has 1 aromatic rings. The van der Waals surface area contributed by atoms with Gasteiger partial charge >= 0.3 is 0 Å². The summed E-state index contributed by atoms with van der Waals surface area (Å²) in [6.45, 7) is 3.55. The number of nitrogens with zero attached hydrogens (tertiary/aromatic N) is 2. The molecule has 0 aliphatic carbocycles. The van der Waals surface area contributed by atoms with Crippen LogP contribution in [0.5, 0.6) is 5.88 Å². The van der Waals surface area contributed by atoms with Crippen molar-refractivity contribution in [1.29, 1.82) is 0 Å². The van der Waals surface area contributed by atoms with Gasteiger partial charge in [0, 0.05) is 0 Å². The third-order valence-corrected chi connectivity index (χ3v) is 1.04. The maximum atomic E-state index is 8.87. The van der Waals surface area contributed by atoms with Crippen LogP contribution in [-0.4, -0.2) is 15.1 Å². The molecular weight excluding hydrogens is 116 g/mol. The number of hydrogen-bond acceptors (Lipinski definition) is 3. The number of rotatable bonds is 0. The summed E-state index contributed by atoms with van der Waals surface area (Å²) in [7, 11) is 0. The molecule has 1 rings (SSSR count). The number of hydrogen-bond donors (Lipinski definition) is 1. The Hall–Kier alpha value is -1.12. The average molecular weight is 124 g/mol. The summed E-state index contributed by atoms with van der Waals surface area (Å²) in [5.41, 5.74) is 1.40. The Morgan fingerprint density at radius 1 is 1.44 bits per heavy atom. The topological polar surface area (TPSA) is 46.0 Å². The van der Waals surface area contributed by atoms with E-state index >= 15 is 0 Å². The summed E-state index contributed by atoms with van der Waals surface area (Å²) < 4.78 is 0. The molecule has 0 aromatic carbocycles. The van der Waals surface area contributed by atoms with Crippen LogP contribution >= 0.6 is 0 Å². The van der Waals surface area contributed by atoms with Crippen molar-refractivity contribution in [3.8, 4) is 5.88 Å². The number of aromatic hydroxyl groups is 1. The van der Waals surface area contributed by atoms with Crippen molar-refractivity contribution in [3.63, 3.8) is 0 Å². The maximum absolute atomic E-state index is 8.87. The molecule has 1 N–H and O–H groups in total. The Kier molecular flexibility index (Phi) is 1.34. The van der Waals surface area contributed by atoms with Crippen LogP contribution < -0.4 is 0 Å². The lowest BCUT2D eigenvalue weighted by atomic mass is 10.4. The van der Waals surface area contributed by atoms with Crippen molar-refractivity contribution in [2.45, 2.75) is 13.8 Å². The van der Waals surface area contributed by atoms with E-state index in [9.17, 15) is 0 Å². The summed E-state index contributed by atoms with van der Waals surface area (Å²) in [6.07, 6.45) is 1.53. The van der Waals surface area contributed by atoms with Crippen molar-refractivity contribution in [1.82, 2.24) is 9.97 Å². The van der Waals surface area contributed by atoms with Crippen LogP contribution in [0.25, 0.3) is 0 Å². The maximum Gasteiger partial charge on any atom is 0.232 e. The SMILES string of the molecule is Cc1cnc(O)c(C)n1. The van der Waals surface area contributed by atoms with Crippen molar-refractivity contribution < 1.29 is 5.11 Å². The molecule has 48 valence electrons. The number of aromatic nitrogens is 2.